The second-order valence-corrected chi connectivity index (χ2v) is 9.80. The van der Waals surface area contributed by atoms with E-state index in [1.807, 2.05) is 29.2 Å². The lowest BCUT2D eigenvalue weighted by molar-refractivity contribution is -0.123. The summed E-state index contributed by atoms with van der Waals surface area (Å²) in [5.41, 5.74) is 0.774. The minimum Gasteiger partial charge on any atom is -0.345 e. The number of hydrogen-bond donors (Lipinski definition) is 1. The molecule has 6 nitrogen and oxygen atoms in total. The van der Waals surface area contributed by atoms with E-state index in [-0.39, 0.29) is 17.7 Å². The topological polar surface area (TPSA) is 55.9 Å². The lowest BCUT2D eigenvalue weighted by Crippen LogP contribution is -2.59. The van der Waals surface area contributed by atoms with Gasteiger partial charge in [0.1, 0.15) is 0 Å². The zero-order valence-electron chi connectivity index (χ0n) is 19.8. The van der Waals surface area contributed by atoms with Gasteiger partial charge < -0.3 is 15.1 Å². The molecule has 2 amide bonds. The average molecular weight is 439 g/mol. The number of nitrogens with one attached hydrogen (secondary N) is 1. The van der Waals surface area contributed by atoms with Gasteiger partial charge in [0.25, 0.3) is 5.91 Å². The summed E-state index contributed by atoms with van der Waals surface area (Å²) < 4.78 is 0. The van der Waals surface area contributed by atoms with Gasteiger partial charge in [-0.3, -0.25) is 14.5 Å². The van der Waals surface area contributed by atoms with Crippen molar-refractivity contribution in [3.8, 4) is 0 Å². The molecule has 2 aliphatic heterocycles. The first-order valence-electron chi connectivity index (χ1n) is 12.3. The van der Waals surface area contributed by atoms with E-state index in [0.29, 0.717) is 24.6 Å². The molecule has 1 aliphatic carbocycles. The van der Waals surface area contributed by atoms with E-state index in [2.05, 4.69) is 48.0 Å². The SMILES string of the molecule is CCN(CC)CCN1C(=O)[C@@H]2CN(C[C@H]3CC=CCC3)C[C@]2(C)NC(=O)c2ccccc21. The third-order valence-electron chi connectivity index (χ3n) is 7.59. The minimum atomic E-state index is -0.556. The molecule has 1 saturated heterocycles. The molecule has 0 bridgehead atoms. The lowest BCUT2D eigenvalue weighted by atomic mass is 9.86. The Balaban J connectivity index is 1.61. The highest BCUT2D eigenvalue weighted by molar-refractivity contribution is 6.07. The molecule has 1 N–H and O–H groups in total. The lowest BCUT2D eigenvalue weighted by Gasteiger charge is -2.38. The molecular weight excluding hydrogens is 400 g/mol. The molecule has 0 spiro atoms. The maximum atomic E-state index is 14.0. The summed E-state index contributed by atoms with van der Waals surface area (Å²) in [6.07, 6.45) is 8.01. The van der Waals surface area contributed by atoms with Gasteiger partial charge in [-0.05, 0) is 57.3 Å². The predicted molar refractivity (Wildman–Crippen MR) is 129 cm³/mol. The van der Waals surface area contributed by atoms with E-state index >= 15 is 0 Å². The Bertz CT molecular complexity index is 865. The van der Waals surface area contributed by atoms with Crippen LogP contribution in [0.5, 0.6) is 0 Å². The van der Waals surface area contributed by atoms with Crippen LogP contribution in [0.25, 0.3) is 0 Å². The van der Waals surface area contributed by atoms with Crippen LogP contribution in [0.2, 0.25) is 0 Å². The van der Waals surface area contributed by atoms with Crippen LogP contribution in [0.1, 0.15) is 50.4 Å². The normalized spacial score (nSPS) is 28.3. The van der Waals surface area contributed by atoms with Gasteiger partial charge in [-0.25, -0.2) is 0 Å². The molecule has 174 valence electrons. The van der Waals surface area contributed by atoms with Crippen molar-refractivity contribution < 1.29 is 9.59 Å². The molecule has 3 aliphatic rings. The molecule has 0 saturated carbocycles. The highest BCUT2D eigenvalue weighted by Gasteiger charge is 2.51. The van der Waals surface area contributed by atoms with Crippen molar-refractivity contribution in [2.45, 2.75) is 45.6 Å². The number of benzene rings is 1. The van der Waals surface area contributed by atoms with Crippen LogP contribution in [0.3, 0.4) is 0 Å². The van der Waals surface area contributed by atoms with Crippen molar-refractivity contribution >= 4 is 17.5 Å². The number of carbonyl (C=O) groups excluding carboxylic acids is 2. The second kappa shape index (κ2) is 9.75. The number of allylic oxidation sites excluding steroid dienone is 2. The highest BCUT2D eigenvalue weighted by Crippen LogP contribution is 2.36. The fourth-order valence-corrected chi connectivity index (χ4v) is 5.65. The van der Waals surface area contributed by atoms with Crippen LogP contribution >= 0.6 is 0 Å². The third kappa shape index (κ3) is 4.62. The van der Waals surface area contributed by atoms with Crippen molar-refractivity contribution in [3.63, 3.8) is 0 Å². The molecule has 1 aromatic carbocycles. The summed E-state index contributed by atoms with van der Waals surface area (Å²) in [4.78, 5) is 33.9. The van der Waals surface area contributed by atoms with E-state index in [0.717, 1.165) is 51.3 Å². The standard InChI is InChI=1S/C26H38N4O2/c1-4-28(5-2)15-16-30-23-14-10-9-13-21(23)24(31)27-26(3)19-29(18-22(26)25(30)32)17-20-11-7-6-8-12-20/h6-7,9-10,13-14,20,22H,4-5,8,11-12,15-19H2,1-3H3,(H,27,31)/t20-,22-,26-/m0/s1. The largest absolute Gasteiger partial charge is 0.345 e. The first-order chi connectivity index (χ1) is 15.4. The van der Waals surface area contributed by atoms with E-state index in [9.17, 15) is 9.59 Å². The first-order valence-corrected chi connectivity index (χ1v) is 12.3. The van der Waals surface area contributed by atoms with E-state index < -0.39 is 5.54 Å². The van der Waals surface area contributed by atoms with Crippen molar-refractivity contribution in [2.75, 3.05) is 50.7 Å². The molecule has 32 heavy (non-hydrogen) atoms. The summed E-state index contributed by atoms with van der Waals surface area (Å²) in [7, 11) is 0. The summed E-state index contributed by atoms with van der Waals surface area (Å²) in [6.45, 7) is 12.1. The molecule has 0 aromatic heterocycles. The molecule has 3 atom stereocenters. The van der Waals surface area contributed by atoms with Crippen LogP contribution in [0.4, 0.5) is 5.69 Å². The van der Waals surface area contributed by atoms with E-state index in [4.69, 9.17) is 0 Å². The fraction of sp³-hybridized carbons (Fsp3) is 0.615. The van der Waals surface area contributed by atoms with Crippen LogP contribution in [0, 0.1) is 11.8 Å². The van der Waals surface area contributed by atoms with Gasteiger partial charge in [0.2, 0.25) is 5.91 Å². The average Bonchev–Trinajstić information content (AvgIpc) is 3.11. The molecule has 4 rings (SSSR count). The Morgan fingerprint density at radius 1 is 1.16 bits per heavy atom. The molecule has 0 radical (unpaired) electrons. The van der Waals surface area contributed by atoms with Crippen LogP contribution in [-0.2, 0) is 4.79 Å². The van der Waals surface area contributed by atoms with Crippen LogP contribution in [-0.4, -0.2) is 73.0 Å². The number of nitrogens with zero attached hydrogens (tertiary/aromatic N) is 3. The third-order valence-corrected chi connectivity index (χ3v) is 7.59. The predicted octanol–water partition coefficient (Wildman–Crippen LogP) is 3.15. The molecule has 2 heterocycles. The Hall–Kier alpha value is -2.18. The fourth-order valence-electron chi connectivity index (χ4n) is 5.65. The van der Waals surface area contributed by atoms with Gasteiger partial charge in [-0.1, -0.05) is 38.1 Å². The number of amides is 2. The van der Waals surface area contributed by atoms with Crippen LogP contribution in [0.15, 0.2) is 36.4 Å². The number of para-hydroxylation sites is 1. The van der Waals surface area contributed by atoms with Gasteiger partial charge in [0, 0.05) is 32.7 Å². The number of likely N-dealkylation sites (tertiary alicyclic amines) is 1. The van der Waals surface area contributed by atoms with Gasteiger partial charge >= 0.3 is 0 Å². The van der Waals surface area contributed by atoms with Crippen LogP contribution < -0.4 is 10.2 Å². The zero-order chi connectivity index (χ0) is 22.7. The Morgan fingerprint density at radius 2 is 1.94 bits per heavy atom. The Labute approximate surface area is 192 Å². The summed E-state index contributed by atoms with van der Waals surface area (Å²) in [5.74, 6) is 0.458. The molecular formula is C26H38N4O2. The molecule has 1 fully saturated rings. The summed E-state index contributed by atoms with van der Waals surface area (Å²) in [6, 6.07) is 7.55. The second-order valence-electron chi connectivity index (χ2n) is 9.80. The number of anilines is 1. The number of likely N-dealkylation sites (N-methyl/N-ethyl adjacent to an activating group) is 1. The van der Waals surface area contributed by atoms with E-state index in [1.54, 1.807) is 0 Å². The van der Waals surface area contributed by atoms with Crippen molar-refractivity contribution in [1.82, 2.24) is 15.1 Å². The number of rotatable bonds is 7. The maximum absolute atomic E-state index is 14.0. The zero-order valence-corrected chi connectivity index (χ0v) is 19.8. The number of fused-ring (bicyclic) bond motifs is 2. The van der Waals surface area contributed by atoms with Gasteiger partial charge in [0.05, 0.1) is 22.7 Å². The number of hydrogen-bond acceptors (Lipinski definition) is 4. The highest BCUT2D eigenvalue weighted by atomic mass is 16.2. The van der Waals surface area contributed by atoms with Gasteiger partial charge in [-0.2, -0.15) is 0 Å². The molecule has 1 aromatic rings. The summed E-state index contributed by atoms with van der Waals surface area (Å²) >= 11 is 0. The first kappa shape index (κ1) is 23.0. The quantitative estimate of drug-likeness (QED) is 0.665. The smallest absolute Gasteiger partial charge is 0.253 e. The minimum absolute atomic E-state index is 0.0733. The molecule has 0 unspecified atom stereocenters. The van der Waals surface area contributed by atoms with Crippen molar-refractivity contribution in [2.24, 2.45) is 11.8 Å². The van der Waals surface area contributed by atoms with Crippen molar-refractivity contribution in [1.29, 1.82) is 0 Å². The summed E-state index contributed by atoms with van der Waals surface area (Å²) in [5, 5.41) is 3.27. The monoisotopic (exact) mass is 438 g/mol. The van der Waals surface area contributed by atoms with Crippen molar-refractivity contribution in [3.05, 3.63) is 42.0 Å². The van der Waals surface area contributed by atoms with Gasteiger partial charge in [0.15, 0.2) is 0 Å². The Morgan fingerprint density at radius 3 is 2.66 bits per heavy atom. The maximum Gasteiger partial charge on any atom is 0.253 e. The van der Waals surface area contributed by atoms with E-state index in [1.165, 1.54) is 6.42 Å². The Kier molecular flexibility index (Phi) is 7.01. The van der Waals surface area contributed by atoms with Gasteiger partial charge in [-0.15, -0.1) is 0 Å². The number of carbonyl (C=O) groups is 2. The molecule has 6 heteroatoms.